The Kier molecular flexibility index (Phi) is 6.77. The van der Waals surface area contributed by atoms with Gasteiger partial charge in [-0.15, -0.1) is 11.8 Å². The van der Waals surface area contributed by atoms with Crippen LogP contribution in [0.3, 0.4) is 0 Å². The first-order valence-corrected chi connectivity index (χ1v) is 8.90. The van der Waals surface area contributed by atoms with E-state index in [9.17, 15) is 14.4 Å². The number of rotatable bonds is 7. The summed E-state index contributed by atoms with van der Waals surface area (Å²) < 4.78 is 0. The molecule has 2 N–H and O–H groups in total. The van der Waals surface area contributed by atoms with E-state index in [-0.39, 0.29) is 17.6 Å². The van der Waals surface area contributed by atoms with Gasteiger partial charge in [0.1, 0.15) is 0 Å². The molecule has 0 radical (unpaired) electrons. The molecule has 25 heavy (non-hydrogen) atoms. The summed E-state index contributed by atoms with van der Waals surface area (Å²) in [5.41, 5.74) is 2.02. The van der Waals surface area contributed by atoms with Gasteiger partial charge in [-0.05, 0) is 48.5 Å². The number of anilines is 2. The Morgan fingerprint density at radius 1 is 0.880 bits per heavy atom. The topological polar surface area (TPSA) is 75.3 Å². The lowest BCUT2D eigenvalue weighted by Crippen LogP contribution is -2.09. The molecular weight excluding hydrogens is 336 g/mol. The van der Waals surface area contributed by atoms with E-state index >= 15 is 0 Å². The summed E-state index contributed by atoms with van der Waals surface area (Å²) in [6, 6.07) is 14.2. The van der Waals surface area contributed by atoms with Crippen molar-refractivity contribution in [3.8, 4) is 0 Å². The van der Waals surface area contributed by atoms with E-state index in [2.05, 4.69) is 10.6 Å². The SMILES string of the molecule is CCC(=O)Nc1ccc(C(=O)CSc2ccc(NC(C)=O)cc2)cc1. The number of nitrogens with one attached hydrogen (secondary N) is 2. The summed E-state index contributed by atoms with van der Waals surface area (Å²) in [6.07, 6.45) is 0.415. The molecule has 2 aromatic rings. The molecule has 0 aliphatic rings. The Morgan fingerprint density at radius 2 is 1.44 bits per heavy atom. The molecule has 6 heteroatoms. The maximum absolute atomic E-state index is 12.3. The first-order valence-electron chi connectivity index (χ1n) is 7.91. The van der Waals surface area contributed by atoms with Crippen LogP contribution in [-0.4, -0.2) is 23.4 Å². The third-order valence-corrected chi connectivity index (χ3v) is 4.37. The predicted molar refractivity (Wildman–Crippen MR) is 101 cm³/mol. The van der Waals surface area contributed by atoms with Crippen LogP contribution in [0.1, 0.15) is 30.6 Å². The lowest BCUT2D eigenvalue weighted by atomic mass is 10.1. The molecule has 0 fully saturated rings. The highest BCUT2D eigenvalue weighted by Gasteiger charge is 2.08. The van der Waals surface area contributed by atoms with E-state index in [1.54, 1.807) is 43.3 Å². The Labute approximate surface area is 151 Å². The van der Waals surface area contributed by atoms with E-state index < -0.39 is 0 Å². The van der Waals surface area contributed by atoms with Crippen molar-refractivity contribution in [1.82, 2.24) is 0 Å². The van der Waals surface area contributed by atoms with E-state index in [0.717, 1.165) is 10.6 Å². The van der Waals surface area contributed by atoms with E-state index in [1.165, 1.54) is 18.7 Å². The summed E-state index contributed by atoms with van der Waals surface area (Å²) in [4.78, 5) is 35.5. The van der Waals surface area contributed by atoms with Crippen LogP contribution < -0.4 is 10.6 Å². The van der Waals surface area contributed by atoms with E-state index in [4.69, 9.17) is 0 Å². The Hall–Kier alpha value is -2.60. The second-order valence-corrected chi connectivity index (χ2v) is 6.45. The van der Waals surface area contributed by atoms with Crippen molar-refractivity contribution in [2.24, 2.45) is 0 Å². The zero-order valence-corrected chi connectivity index (χ0v) is 15.0. The van der Waals surface area contributed by atoms with E-state index in [1.807, 2.05) is 12.1 Å². The molecule has 2 amide bonds. The van der Waals surface area contributed by atoms with Crippen LogP contribution in [0.4, 0.5) is 11.4 Å². The standard InChI is InChI=1S/C19H20N2O3S/c1-3-19(24)21-16-6-4-14(5-7-16)18(23)12-25-17-10-8-15(9-11-17)20-13(2)22/h4-11H,3,12H2,1-2H3,(H,20,22)(H,21,24). The van der Waals surface area contributed by atoms with Crippen molar-refractivity contribution >= 4 is 40.7 Å². The van der Waals surface area contributed by atoms with Gasteiger partial charge in [0.2, 0.25) is 11.8 Å². The number of carbonyl (C=O) groups is 3. The van der Waals surface area contributed by atoms with Crippen LogP contribution in [0, 0.1) is 0 Å². The van der Waals surface area contributed by atoms with Gasteiger partial charge in [0, 0.05) is 35.2 Å². The van der Waals surface area contributed by atoms with Crippen molar-refractivity contribution in [3.05, 3.63) is 54.1 Å². The molecule has 0 bridgehead atoms. The molecular formula is C19H20N2O3S. The molecule has 130 valence electrons. The first-order chi connectivity index (χ1) is 12.0. The van der Waals surface area contributed by atoms with Gasteiger partial charge in [0.15, 0.2) is 5.78 Å². The van der Waals surface area contributed by atoms with Gasteiger partial charge in [0.25, 0.3) is 0 Å². The van der Waals surface area contributed by atoms with Crippen LogP contribution in [0.15, 0.2) is 53.4 Å². The van der Waals surface area contributed by atoms with Crippen molar-refractivity contribution in [2.45, 2.75) is 25.2 Å². The van der Waals surface area contributed by atoms with Crippen LogP contribution in [0.2, 0.25) is 0 Å². The largest absolute Gasteiger partial charge is 0.326 e. The summed E-state index contributed by atoms with van der Waals surface area (Å²) in [7, 11) is 0. The minimum Gasteiger partial charge on any atom is -0.326 e. The van der Waals surface area contributed by atoms with Crippen LogP contribution in [0.25, 0.3) is 0 Å². The molecule has 0 aliphatic heterocycles. The zero-order valence-electron chi connectivity index (χ0n) is 14.2. The third kappa shape index (κ3) is 6.08. The summed E-state index contributed by atoms with van der Waals surface area (Å²) in [5.74, 6) is 0.163. The third-order valence-electron chi connectivity index (χ3n) is 3.36. The second-order valence-electron chi connectivity index (χ2n) is 5.40. The van der Waals surface area contributed by atoms with Crippen LogP contribution >= 0.6 is 11.8 Å². The molecule has 0 atom stereocenters. The fourth-order valence-corrected chi connectivity index (χ4v) is 2.85. The molecule has 2 rings (SSSR count). The normalized spacial score (nSPS) is 10.2. The zero-order chi connectivity index (χ0) is 18.2. The van der Waals surface area contributed by atoms with Crippen molar-refractivity contribution in [1.29, 1.82) is 0 Å². The first kappa shape index (κ1) is 18.7. The highest BCUT2D eigenvalue weighted by Crippen LogP contribution is 2.22. The number of Topliss-reactive ketones (excluding diaryl/α,β-unsaturated/α-hetero) is 1. The molecule has 2 aromatic carbocycles. The fourth-order valence-electron chi connectivity index (χ4n) is 2.06. The lowest BCUT2D eigenvalue weighted by molar-refractivity contribution is -0.116. The average molecular weight is 356 g/mol. The highest BCUT2D eigenvalue weighted by molar-refractivity contribution is 8.00. The molecule has 0 aliphatic carbocycles. The molecule has 0 spiro atoms. The van der Waals surface area contributed by atoms with Gasteiger partial charge < -0.3 is 10.6 Å². The number of carbonyl (C=O) groups excluding carboxylic acids is 3. The Morgan fingerprint density at radius 3 is 2.00 bits per heavy atom. The maximum Gasteiger partial charge on any atom is 0.224 e. The molecule has 5 nitrogen and oxygen atoms in total. The Bertz CT molecular complexity index is 755. The number of benzene rings is 2. The van der Waals surface area contributed by atoms with Crippen LogP contribution in [0.5, 0.6) is 0 Å². The highest BCUT2D eigenvalue weighted by atomic mass is 32.2. The average Bonchev–Trinajstić information content (AvgIpc) is 2.61. The van der Waals surface area contributed by atoms with Gasteiger partial charge in [-0.3, -0.25) is 14.4 Å². The molecule has 0 saturated carbocycles. The van der Waals surface area contributed by atoms with Gasteiger partial charge in [-0.1, -0.05) is 6.92 Å². The van der Waals surface area contributed by atoms with Gasteiger partial charge in [-0.2, -0.15) is 0 Å². The minimum atomic E-state index is -0.117. The monoisotopic (exact) mass is 356 g/mol. The van der Waals surface area contributed by atoms with Gasteiger partial charge in [0.05, 0.1) is 5.75 Å². The number of ketones is 1. The van der Waals surface area contributed by atoms with Crippen molar-refractivity contribution < 1.29 is 14.4 Å². The molecule has 0 saturated heterocycles. The summed E-state index contributed by atoms with van der Waals surface area (Å²) in [5, 5.41) is 5.45. The molecule has 0 unspecified atom stereocenters. The fraction of sp³-hybridized carbons (Fsp3) is 0.211. The number of amides is 2. The van der Waals surface area contributed by atoms with Gasteiger partial charge in [-0.25, -0.2) is 0 Å². The van der Waals surface area contributed by atoms with Crippen molar-refractivity contribution in [2.75, 3.05) is 16.4 Å². The number of hydrogen-bond donors (Lipinski definition) is 2. The summed E-state index contributed by atoms with van der Waals surface area (Å²) >= 11 is 1.44. The molecule has 0 heterocycles. The summed E-state index contributed by atoms with van der Waals surface area (Å²) in [6.45, 7) is 3.24. The van der Waals surface area contributed by atoms with Crippen molar-refractivity contribution in [3.63, 3.8) is 0 Å². The molecule has 0 aromatic heterocycles. The smallest absolute Gasteiger partial charge is 0.224 e. The maximum atomic E-state index is 12.3. The quantitative estimate of drug-likeness (QED) is 0.581. The number of thioether (sulfide) groups is 1. The minimum absolute atomic E-state index is 0.0179. The number of hydrogen-bond acceptors (Lipinski definition) is 4. The van der Waals surface area contributed by atoms with Gasteiger partial charge >= 0.3 is 0 Å². The lowest BCUT2D eigenvalue weighted by Gasteiger charge is -2.06. The predicted octanol–water partition coefficient (Wildman–Crippen LogP) is 3.97. The Balaban J connectivity index is 1.89. The second kappa shape index (κ2) is 9.03. The van der Waals surface area contributed by atoms with Crippen LogP contribution in [-0.2, 0) is 9.59 Å². The van der Waals surface area contributed by atoms with E-state index in [0.29, 0.717) is 23.4 Å².